The van der Waals surface area contributed by atoms with Gasteiger partial charge < -0.3 is 15.4 Å². The summed E-state index contributed by atoms with van der Waals surface area (Å²) in [4.78, 5) is 17.1. The molecule has 2 aromatic heterocycles. The Balaban J connectivity index is 1.43. The normalized spacial score (nSPS) is 15.2. The van der Waals surface area contributed by atoms with E-state index in [0.717, 1.165) is 12.8 Å². The van der Waals surface area contributed by atoms with E-state index in [0.29, 0.717) is 51.2 Å². The van der Waals surface area contributed by atoms with E-state index < -0.39 is 0 Å². The molecule has 32 heavy (non-hydrogen) atoms. The van der Waals surface area contributed by atoms with Gasteiger partial charge in [-0.2, -0.15) is 0 Å². The van der Waals surface area contributed by atoms with E-state index in [2.05, 4.69) is 42.7 Å². The molecule has 1 aromatic carbocycles. The van der Waals surface area contributed by atoms with Gasteiger partial charge in [-0.3, -0.25) is 0 Å². The molecular weight excluding hydrogens is 487 g/mol. The summed E-state index contributed by atoms with van der Waals surface area (Å²) in [6, 6.07) is 11.4. The highest BCUT2D eigenvalue weighted by atomic mass is 35.5. The van der Waals surface area contributed by atoms with Crippen LogP contribution in [-0.4, -0.2) is 44.8 Å². The zero-order valence-electron chi connectivity index (χ0n) is 16.9. The van der Waals surface area contributed by atoms with Gasteiger partial charge in [0.05, 0.1) is 0 Å². The molecule has 4 rings (SSSR count). The summed E-state index contributed by atoms with van der Waals surface area (Å²) in [5, 5.41) is 8.97. The SMILES string of the molecule is S=C(NCC1(c2ccc(Cl)cc2)CCOCC1)Nc1nc(Cl)cc(Sc2ncccn2)n1. The monoisotopic (exact) mass is 506 g/mol. The Morgan fingerprint density at radius 3 is 2.53 bits per heavy atom. The van der Waals surface area contributed by atoms with Crippen molar-refractivity contribution in [3.8, 4) is 0 Å². The Bertz CT molecular complexity index is 1070. The Labute approximate surface area is 205 Å². The van der Waals surface area contributed by atoms with Gasteiger partial charge >= 0.3 is 0 Å². The molecule has 0 atom stereocenters. The lowest BCUT2D eigenvalue weighted by molar-refractivity contribution is 0.0515. The van der Waals surface area contributed by atoms with Gasteiger partial charge in [0.15, 0.2) is 10.3 Å². The summed E-state index contributed by atoms with van der Waals surface area (Å²) in [6.07, 6.45) is 5.11. The molecule has 0 saturated carbocycles. The summed E-state index contributed by atoms with van der Waals surface area (Å²) in [5.74, 6) is 0.306. The Hall–Kier alpha value is -2.04. The second-order valence-electron chi connectivity index (χ2n) is 7.19. The summed E-state index contributed by atoms with van der Waals surface area (Å²) >= 11 is 19.1. The van der Waals surface area contributed by atoms with Gasteiger partial charge in [-0.1, -0.05) is 35.3 Å². The number of ether oxygens (including phenoxy) is 1. The third kappa shape index (κ3) is 6.05. The molecule has 2 N–H and O–H groups in total. The lowest BCUT2D eigenvalue weighted by Gasteiger charge is -2.38. The van der Waals surface area contributed by atoms with E-state index in [1.165, 1.54) is 17.3 Å². The molecule has 7 nitrogen and oxygen atoms in total. The maximum atomic E-state index is 6.18. The zero-order valence-corrected chi connectivity index (χ0v) is 20.1. The number of halogens is 2. The highest BCUT2D eigenvalue weighted by molar-refractivity contribution is 7.99. The smallest absolute Gasteiger partial charge is 0.231 e. The van der Waals surface area contributed by atoms with E-state index in [1.807, 2.05) is 12.1 Å². The highest BCUT2D eigenvalue weighted by Crippen LogP contribution is 2.35. The molecule has 0 radical (unpaired) electrons. The molecular formula is C21H20Cl2N6OS2. The summed E-state index contributed by atoms with van der Waals surface area (Å²) in [7, 11) is 0. The summed E-state index contributed by atoms with van der Waals surface area (Å²) < 4.78 is 5.60. The van der Waals surface area contributed by atoms with Crippen molar-refractivity contribution >= 4 is 58.2 Å². The summed E-state index contributed by atoms with van der Waals surface area (Å²) in [5.41, 5.74) is 1.11. The van der Waals surface area contributed by atoms with Crippen molar-refractivity contribution in [3.05, 3.63) is 64.5 Å². The average molecular weight is 507 g/mol. The van der Waals surface area contributed by atoms with Crippen LogP contribution in [0.15, 0.2) is 59.0 Å². The van der Waals surface area contributed by atoms with Crippen LogP contribution in [0.25, 0.3) is 0 Å². The quantitative estimate of drug-likeness (QED) is 0.279. The van der Waals surface area contributed by atoms with E-state index in [9.17, 15) is 0 Å². The Kier molecular flexibility index (Phi) is 7.75. The number of aromatic nitrogens is 4. The average Bonchev–Trinajstić information content (AvgIpc) is 2.79. The number of anilines is 1. The first kappa shape index (κ1) is 23.1. The van der Waals surface area contributed by atoms with E-state index in [4.69, 9.17) is 40.2 Å². The molecule has 0 amide bonds. The van der Waals surface area contributed by atoms with Crippen LogP contribution < -0.4 is 10.6 Å². The van der Waals surface area contributed by atoms with Crippen LogP contribution in [-0.2, 0) is 10.2 Å². The number of thiocarbonyl (C=S) groups is 1. The predicted octanol–water partition coefficient (Wildman–Crippen LogP) is 4.76. The fourth-order valence-electron chi connectivity index (χ4n) is 3.47. The van der Waals surface area contributed by atoms with Gasteiger partial charge in [0.2, 0.25) is 5.95 Å². The van der Waals surface area contributed by atoms with Crippen LogP contribution in [0.1, 0.15) is 18.4 Å². The van der Waals surface area contributed by atoms with Gasteiger partial charge in [-0.25, -0.2) is 19.9 Å². The van der Waals surface area contributed by atoms with Crippen molar-refractivity contribution in [1.29, 1.82) is 0 Å². The van der Waals surface area contributed by atoms with Crippen molar-refractivity contribution in [2.45, 2.75) is 28.4 Å². The Morgan fingerprint density at radius 2 is 1.81 bits per heavy atom. The minimum Gasteiger partial charge on any atom is -0.381 e. The minimum absolute atomic E-state index is 0.102. The van der Waals surface area contributed by atoms with E-state index in [-0.39, 0.29) is 5.41 Å². The van der Waals surface area contributed by atoms with Crippen LogP contribution >= 0.6 is 47.2 Å². The van der Waals surface area contributed by atoms with Crippen LogP contribution in [0, 0.1) is 0 Å². The summed E-state index contributed by atoms with van der Waals surface area (Å²) in [6.45, 7) is 2.04. The second kappa shape index (κ2) is 10.7. The zero-order chi connectivity index (χ0) is 22.4. The van der Waals surface area contributed by atoms with Crippen LogP contribution in [0.5, 0.6) is 0 Å². The van der Waals surface area contributed by atoms with Crippen LogP contribution in [0.4, 0.5) is 5.95 Å². The number of rotatable bonds is 6. The minimum atomic E-state index is -0.102. The number of nitrogens with zero attached hydrogens (tertiary/aromatic N) is 4. The van der Waals surface area contributed by atoms with Crippen LogP contribution in [0.3, 0.4) is 0 Å². The van der Waals surface area contributed by atoms with Crippen molar-refractivity contribution in [2.24, 2.45) is 0 Å². The van der Waals surface area contributed by atoms with Gasteiger partial charge in [-0.15, -0.1) is 0 Å². The van der Waals surface area contributed by atoms with Crippen LogP contribution in [0.2, 0.25) is 10.2 Å². The molecule has 3 aromatic rings. The molecule has 166 valence electrons. The second-order valence-corrected chi connectivity index (χ2v) is 9.41. The molecule has 11 heteroatoms. The van der Waals surface area contributed by atoms with Crippen molar-refractivity contribution in [3.63, 3.8) is 0 Å². The van der Waals surface area contributed by atoms with Gasteiger partial charge in [-0.05, 0) is 60.6 Å². The molecule has 0 bridgehead atoms. The maximum absolute atomic E-state index is 6.18. The maximum Gasteiger partial charge on any atom is 0.231 e. The molecule has 1 fully saturated rings. The molecule has 1 aliphatic heterocycles. The van der Waals surface area contributed by atoms with Gasteiger partial charge in [0.25, 0.3) is 0 Å². The number of hydrogen-bond acceptors (Lipinski definition) is 7. The fourth-order valence-corrected chi connectivity index (χ4v) is 4.72. The number of nitrogens with one attached hydrogen (secondary N) is 2. The predicted molar refractivity (Wildman–Crippen MR) is 131 cm³/mol. The first-order chi connectivity index (χ1) is 15.5. The first-order valence-electron chi connectivity index (χ1n) is 9.91. The molecule has 0 aliphatic carbocycles. The van der Waals surface area contributed by atoms with E-state index >= 15 is 0 Å². The number of benzene rings is 1. The topological polar surface area (TPSA) is 84.9 Å². The molecule has 1 saturated heterocycles. The van der Waals surface area contributed by atoms with Crippen molar-refractivity contribution < 1.29 is 4.74 Å². The molecule has 3 heterocycles. The van der Waals surface area contributed by atoms with Gasteiger partial charge in [0, 0.05) is 48.7 Å². The molecule has 0 spiro atoms. The largest absolute Gasteiger partial charge is 0.381 e. The third-order valence-electron chi connectivity index (χ3n) is 5.13. The van der Waals surface area contributed by atoms with E-state index in [1.54, 1.807) is 24.5 Å². The third-order valence-corrected chi connectivity index (χ3v) is 6.63. The first-order valence-corrected chi connectivity index (χ1v) is 11.9. The standard InChI is InChI=1S/C21H20Cl2N6OS2/c22-15-4-2-14(3-5-15)21(6-10-30-11-7-21)13-26-19(31)29-18-27-16(23)12-17(28-18)32-20-24-8-1-9-25-20/h1-5,8-9,12H,6-7,10-11,13H2,(H2,26,27,28,29,31). The molecule has 1 aliphatic rings. The lowest BCUT2D eigenvalue weighted by Crippen LogP contribution is -2.45. The fraction of sp³-hybridized carbons (Fsp3) is 0.286. The van der Waals surface area contributed by atoms with Crippen molar-refractivity contribution in [2.75, 3.05) is 25.1 Å². The Morgan fingerprint density at radius 1 is 1.09 bits per heavy atom. The number of hydrogen-bond donors (Lipinski definition) is 2. The lowest BCUT2D eigenvalue weighted by atomic mass is 9.74. The highest BCUT2D eigenvalue weighted by Gasteiger charge is 2.34. The van der Waals surface area contributed by atoms with Crippen molar-refractivity contribution in [1.82, 2.24) is 25.3 Å². The molecule has 0 unspecified atom stereocenters. The van der Waals surface area contributed by atoms with Gasteiger partial charge in [0.1, 0.15) is 10.2 Å².